The van der Waals surface area contributed by atoms with E-state index in [0.717, 1.165) is 18.4 Å². The van der Waals surface area contributed by atoms with Crippen LogP contribution in [0.25, 0.3) is 0 Å². The number of rotatable bonds is 2. The van der Waals surface area contributed by atoms with Crippen LogP contribution >= 0.6 is 15.9 Å². The fraction of sp³-hybridized carbons (Fsp3) is 0.875. The maximum Gasteiger partial charge on any atom is 0.222 e. The van der Waals surface area contributed by atoms with Gasteiger partial charge in [-0.25, -0.2) is 0 Å². The smallest absolute Gasteiger partial charge is 0.222 e. The van der Waals surface area contributed by atoms with Crippen LogP contribution in [0, 0.1) is 0 Å². The van der Waals surface area contributed by atoms with Crippen LogP contribution in [0.5, 0.6) is 0 Å². The van der Waals surface area contributed by atoms with E-state index in [9.17, 15) is 4.79 Å². The Kier molecular flexibility index (Phi) is 4.01. The molecule has 3 nitrogen and oxygen atoms in total. The summed E-state index contributed by atoms with van der Waals surface area (Å²) >= 11 is 3.35. The summed E-state index contributed by atoms with van der Waals surface area (Å²) in [6, 6.07) is 0. The predicted molar refractivity (Wildman–Crippen MR) is 50.4 cm³/mol. The van der Waals surface area contributed by atoms with Crippen molar-refractivity contribution in [2.24, 2.45) is 0 Å². The molecule has 0 aromatic carbocycles. The summed E-state index contributed by atoms with van der Waals surface area (Å²) in [4.78, 5) is 13.2. The highest BCUT2D eigenvalue weighted by Gasteiger charge is 2.21. The van der Waals surface area contributed by atoms with Gasteiger partial charge < -0.3 is 9.64 Å². The highest BCUT2D eigenvalue weighted by Crippen LogP contribution is 2.08. The highest BCUT2D eigenvalue weighted by atomic mass is 79.9. The van der Waals surface area contributed by atoms with Crippen LogP contribution in [0.2, 0.25) is 0 Å². The number of morpholine rings is 1. The van der Waals surface area contributed by atoms with Gasteiger partial charge >= 0.3 is 0 Å². The first-order valence-corrected chi connectivity index (χ1v) is 5.35. The van der Waals surface area contributed by atoms with Gasteiger partial charge in [0.1, 0.15) is 0 Å². The van der Waals surface area contributed by atoms with E-state index >= 15 is 0 Å². The van der Waals surface area contributed by atoms with Crippen molar-refractivity contribution in [1.82, 2.24) is 4.90 Å². The molecule has 1 unspecified atom stereocenters. The molecule has 1 amide bonds. The summed E-state index contributed by atoms with van der Waals surface area (Å²) < 4.78 is 5.41. The standard InChI is InChI=1S/C8H14BrNO2/c1-2-8(11)10-3-4-12-7(5-9)6-10/h7H,2-6H2,1H3. The summed E-state index contributed by atoms with van der Waals surface area (Å²) in [7, 11) is 0. The van der Waals surface area contributed by atoms with E-state index in [1.54, 1.807) is 0 Å². The molecule has 0 bridgehead atoms. The van der Waals surface area contributed by atoms with E-state index in [1.807, 2.05) is 11.8 Å². The van der Waals surface area contributed by atoms with Gasteiger partial charge in [-0.15, -0.1) is 0 Å². The Morgan fingerprint density at radius 2 is 2.50 bits per heavy atom. The molecule has 1 atom stereocenters. The van der Waals surface area contributed by atoms with E-state index in [1.165, 1.54) is 0 Å². The van der Waals surface area contributed by atoms with Crippen molar-refractivity contribution >= 4 is 21.8 Å². The van der Waals surface area contributed by atoms with Gasteiger partial charge in [0.15, 0.2) is 0 Å². The Morgan fingerprint density at radius 3 is 3.08 bits per heavy atom. The molecule has 1 aliphatic rings. The number of hydrogen-bond acceptors (Lipinski definition) is 2. The van der Waals surface area contributed by atoms with Gasteiger partial charge in [0.05, 0.1) is 12.7 Å². The molecule has 70 valence electrons. The monoisotopic (exact) mass is 235 g/mol. The number of hydrogen-bond donors (Lipinski definition) is 0. The van der Waals surface area contributed by atoms with E-state index in [2.05, 4.69) is 15.9 Å². The predicted octanol–water partition coefficient (Wildman–Crippen LogP) is 1.02. The van der Waals surface area contributed by atoms with Crippen molar-refractivity contribution in [2.75, 3.05) is 25.0 Å². The number of halogens is 1. The molecule has 4 heteroatoms. The molecule has 0 aromatic rings. The average Bonchev–Trinajstić information content (AvgIpc) is 2.17. The second-order valence-corrected chi connectivity index (χ2v) is 3.49. The van der Waals surface area contributed by atoms with Crippen LogP contribution in [0.3, 0.4) is 0 Å². The first-order valence-electron chi connectivity index (χ1n) is 4.23. The van der Waals surface area contributed by atoms with Gasteiger partial charge in [-0.05, 0) is 0 Å². The molecule has 1 fully saturated rings. The number of alkyl halides is 1. The Hall–Kier alpha value is -0.0900. The number of nitrogens with zero attached hydrogens (tertiary/aromatic N) is 1. The fourth-order valence-corrected chi connectivity index (χ4v) is 1.65. The van der Waals surface area contributed by atoms with Gasteiger partial charge in [0.2, 0.25) is 5.91 Å². The first kappa shape index (κ1) is 9.99. The lowest BCUT2D eigenvalue weighted by atomic mass is 10.3. The summed E-state index contributed by atoms with van der Waals surface area (Å²) in [6.45, 7) is 4.04. The van der Waals surface area contributed by atoms with E-state index in [0.29, 0.717) is 13.0 Å². The third-order valence-electron chi connectivity index (χ3n) is 1.97. The Balaban J connectivity index is 2.40. The van der Waals surface area contributed by atoms with Crippen LogP contribution in [0.4, 0.5) is 0 Å². The minimum atomic E-state index is 0.175. The summed E-state index contributed by atoms with van der Waals surface area (Å²) in [5.41, 5.74) is 0. The maximum absolute atomic E-state index is 11.3. The van der Waals surface area contributed by atoms with Crippen LogP contribution in [-0.4, -0.2) is 41.9 Å². The lowest BCUT2D eigenvalue weighted by molar-refractivity contribution is -0.137. The first-order chi connectivity index (χ1) is 5.77. The van der Waals surface area contributed by atoms with Crippen LogP contribution < -0.4 is 0 Å². The zero-order valence-electron chi connectivity index (χ0n) is 7.25. The minimum absolute atomic E-state index is 0.175. The van der Waals surface area contributed by atoms with E-state index in [-0.39, 0.29) is 12.0 Å². The molecule has 0 spiro atoms. The molecule has 0 saturated carbocycles. The molecular formula is C8H14BrNO2. The van der Waals surface area contributed by atoms with Gasteiger partial charge in [0.25, 0.3) is 0 Å². The lowest BCUT2D eigenvalue weighted by Crippen LogP contribution is -2.45. The third kappa shape index (κ3) is 2.45. The second-order valence-electron chi connectivity index (χ2n) is 2.84. The van der Waals surface area contributed by atoms with Crippen LogP contribution in [-0.2, 0) is 9.53 Å². The third-order valence-corrected chi connectivity index (χ3v) is 2.69. The van der Waals surface area contributed by atoms with Gasteiger partial charge in [-0.1, -0.05) is 22.9 Å². The molecule has 0 aliphatic carbocycles. The Morgan fingerprint density at radius 1 is 1.75 bits per heavy atom. The van der Waals surface area contributed by atoms with Crippen molar-refractivity contribution in [3.63, 3.8) is 0 Å². The van der Waals surface area contributed by atoms with Crippen molar-refractivity contribution in [3.8, 4) is 0 Å². The second kappa shape index (κ2) is 4.82. The van der Waals surface area contributed by atoms with Crippen LogP contribution in [0.1, 0.15) is 13.3 Å². The van der Waals surface area contributed by atoms with E-state index in [4.69, 9.17) is 4.74 Å². The number of ether oxygens (including phenoxy) is 1. The Labute approximate surface area is 81.2 Å². The average molecular weight is 236 g/mol. The molecule has 1 aliphatic heterocycles. The molecule has 0 radical (unpaired) electrons. The van der Waals surface area contributed by atoms with Gasteiger partial charge in [0, 0.05) is 24.8 Å². The zero-order valence-corrected chi connectivity index (χ0v) is 8.84. The highest BCUT2D eigenvalue weighted by molar-refractivity contribution is 9.09. The van der Waals surface area contributed by atoms with Crippen molar-refractivity contribution in [1.29, 1.82) is 0 Å². The van der Waals surface area contributed by atoms with Crippen molar-refractivity contribution in [2.45, 2.75) is 19.4 Å². The topological polar surface area (TPSA) is 29.5 Å². The SMILES string of the molecule is CCC(=O)N1CCOC(CBr)C1. The molecule has 12 heavy (non-hydrogen) atoms. The molecular weight excluding hydrogens is 222 g/mol. The van der Waals surface area contributed by atoms with Crippen molar-refractivity contribution < 1.29 is 9.53 Å². The maximum atomic E-state index is 11.3. The van der Waals surface area contributed by atoms with Crippen LogP contribution in [0.15, 0.2) is 0 Å². The summed E-state index contributed by atoms with van der Waals surface area (Å²) in [5.74, 6) is 0.226. The minimum Gasteiger partial charge on any atom is -0.374 e. The fourth-order valence-electron chi connectivity index (χ4n) is 1.26. The Bertz CT molecular complexity index is 163. The summed E-state index contributed by atoms with van der Waals surface area (Å²) in [6.07, 6.45) is 0.767. The summed E-state index contributed by atoms with van der Waals surface area (Å²) in [5, 5.41) is 0.806. The number of carbonyl (C=O) groups is 1. The number of carbonyl (C=O) groups excluding carboxylic acids is 1. The largest absolute Gasteiger partial charge is 0.374 e. The molecule has 1 heterocycles. The van der Waals surface area contributed by atoms with Gasteiger partial charge in [-0.3, -0.25) is 4.79 Å². The quantitative estimate of drug-likeness (QED) is 0.670. The van der Waals surface area contributed by atoms with Gasteiger partial charge in [-0.2, -0.15) is 0 Å². The molecule has 0 aromatic heterocycles. The molecule has 1 rings (SSSR count). The zero-order chi connectivity index (χ0) is 8.97. The normalized spacial score (nSPS) is 24.2. The molecule has 0 N–H and O–H groups in total. The van der Waals surface area contributed by atoms with Crippen molar-refractivity contribution in [3.05, 3.63) is 0 Å². The molecule has 1 saturated heterocycles. The number of amides is 1. The van der Waals surface area contributed by atoms with E-state index < -0.39 is 0 Å². The lowest BCUT2D eigenvalue weighted by Gasteiger charge is -2.31.